The molecular weight excluding hydrogens is 490 g/mol. The molecule has 1 aliphatic heterocycles. The van der Waals surface area contributed by atoms with E-state index in [1.807, 2.05) is 26.8 Å². The summed E-state index contributed by atoms with van der Waals surface area (Å²) >= 11 is 0. The van der Waals surface area contributed by atoms with Gasteiger partial charge < -0.3 is 14.8 Å². The highest BCUT2D eigenvalue weighted by Gasteiger charge is 2.40. The summed E-state index contributed by atoms with van der Waals surface area (Å²) in [6.07, 6.45) is 0.0460. The van der Waals surface area contributed by atoms with Gasteiger partial charge in [0.2, 0.25) is 17.8 Å². The Kier molecular flexibility index (Phi) is 8.34. The highest BCUT2D eigenvalue weighted by molar-refractivity contribution is 5.89. The number of halogens is 2. The Morgan fingerprint density at radius 3 is 2.50 bits per heavy atom. The first kappa shape index (κ1) is 27.2. The molecule has 4 rings (SSSR count). The van der Waals surface area contributed by atoms with Crippen LogP contribution in [-0.4, -0.2) is 45.0 Å². The van der Waals surface area contributed by atoms with E-state index >= 15 is 0 Å². The van der Waals surface area contributed by atoms with E-state index in [-0.39, 0.29) is 30.9 Å². The molecule has 38 heavy (non-hydrogen) atoms. The number of alkyl halides is 1. The second-order valence-electron chi connectivity index (χ2n) is 9.86. The minimum absolute atomic E-state index is 0.0579. The van der Waals surface area contributed by atoms with Crippen molar-refractivity contribution in [3.63, 3.8) is 0 Å². The van der Waals surface area contributed by atoms with Crippen LogP contribution >= 0.6 is 0 Å². The van der Waals surface area contributed by atoms with Crippen molar-refractivity contribution >= 4 is 11.8 Å². The van der Waals surface area contributed by atoms with E-state index in [4.69, 9.17) is 0 Å². The summed E-state index contributed by atoms with van der Waals surface area (Å²) in [5.41, 5.74) is 1.88. The third-order valence-corrected chi connectivity index (χ3v) is 6.85. The Hall–Kier alpha value is -3.88. The number of carbonyl (C=O) groups excluding carboxylic acids is 2. The summed E-state index contributed by atoms with van der Waals surface area (Å²) in [7, 11) is 0. The number of nitrogens with one attached hydrogen (secondary N) is 1. The number of hydrogen-bond acceptors (Lipinski definition) is 4. The Morgan fingerprint density at radius 1 is 1.11 bits per heavy atom. The van der Waals surface area contributed by atoms with Crippen LogP contribution in [0.5, 0.6) is 0 Å². The average molecular weight is 523 g/mol. The summed E-state index contributed by atoms with van der Waals surface area (Å²) in [6.45, 7) is 5.81. The molecule has 0 radical (unpaired) electrons. The molecule has 1 aromatic carbocycles. The van der Waals surface area contributed by atoms with Crippen LogP contribution in [-0.2, 0) is 22.6 Å². The molecule has 1 aliphatic rings. The van der Waals surface area contributed by atoms with Crippen molar-refractivity contribution in [2.45, 2.75) is 64.3 Å². The number of amides is 2. The van der Waals surface area contributed by atoms with Crippen molar-refractivity contribution < 1.29 is 18.4 Å². The summed E-state index contributed by atoms with van der Waals surface area (Å²) in [4.78, 5) is 43.9. The number of pyridine rings is 2. The van der Waals surface area contributed by atoms with E-state index in [0.717, 1.165) is 0 Å². The highest BCUT2D eigenvalue weighted by atomic mass is 19.1. The predicted octanol–water partition coefficient (Wildman–Crippen LogP) is 3.91. The summed E-state index contributed by atoms with van der Waals surface area (Å²) in [5, 5.41) is 2.89. The van der Waals surface area contributed by atoms with E-state index in [1.54, 1.807) is 48.7 Å². The van der Waals surface area contributed by atoms with Crippen LogP contribution in [0.25, 0.3) is 0 Å². The molecule has 0 aliphatic carbocycles. The molecule has 2 amide bonds. The molecule has 3 heterocycles. The van der Waals surface area contributed by atoms with Crippen molar-refractivity contribution in [2.24, 2.45) is 0 Å². The van der Waals surface area contributed by atoms with Crippen LogP contribution in [0.3, 0.4) is 0 Å². The summed E-state index contributed by atoms with van der Waals surface area (Å²) in [5.74, 6) is -1.62. The predicted molar refractivity (Wildman–Crippen MR) is 140 cm³/mol. The fourth-order valence-corrected chi connectivity index (χ4v) is 4.78. The zero-order chi connectivity index (χ0) is 27.4. The molecule has 9 heteroatoms. The van der Waals surface area contributed by atoms with E-state index < -0.39 is 36.0 Å². The maximum atomic E-state index is 14.8. The number of hydrogen-bond donors (Lipinski definition) is 1. The van der Waals surface area contributed by atoms with Gasteiger partial charge in [-0.25, -0.2) is 9.37 Å². The molecule has 3 aromatic rings. The van der Waals surface area contributed by atoms with E-state index in [1.165, 1.54) is 15.5 Å². The lowest BCUT2D eigenvalue weighted by Crippen LogP contribution is -2.47. The molecule has 0 bridgehead atoms. The minimum Gasteiger partial charge on any atom is -0.342 e. The SMILES string of the molecule is CCn1cc(CC(=O)N2CC(F)CC2C(=O)NC(c2ccccc2)c2ccc(C(C)C)c(F)n2)ccc1=O. The number of likely N-dealkylation sites (tertiary alicyclic amines) is 1. The maximum absolute atomic E-state index is 14.8. The van der Waals surface area contributed by atoms with Crippen LogP contribution in [0.1, 0.15) is 61.5 Å². The lowest BCUT2D eigenvalue weighted by atomic mass is 9.99. The van der Waals surface area contributed by atoms with Crippen molar-refractivity contribution in [3.05, 3.63) is 99.5 Å². The van der Waals surface area contributed by atoms with Crippen LogP contribution in [0.2, 0.25) is 0 Å². The Bertz CT molecular complexity index is 1360. The third kappa shape index (κ3) is 5.98. The first-order valence-corrected chi connectivity index (χ1v) is 12.8. The van der Waals surface area contributed by atoms with Gasteiger partial charge in [-0.2, -0.15) is 4.39 Å². The first-order chi connectivity index (χ1) is 18.2. The number of rotatable bonds is 8. The van der Waals surface area contributed by atoms with Crippen LogP contribution in [0.4, 0.5) is 8.78 Å². The minimum atomic E-state index is -1.35. The van der Waals surface area contributed by atoms with Gasteiger partial charge in [-0.1, -0.05) is 56.3 Å². The van der Waals surface area contributed by atoms with Gasteiger partial charge in [0.05, 0.1) is 24.7 Å². The van der Waals surface area contributed by atoms with Crippen molar-refractivity contribution in [2.75, 3.05) is 6.54 Å². The Balaban J connectivity index is 1.58. The zero-order valence-electron chi connectivity index (χ0n) is 21.7. The van der Waals surface area contributed by atoms with E-state index in [2.05, 4.69) is 10.3 Å². The van der Waals surface area contributed by atoms with Gasteiger partial charge in [-0.3, -0.25) is 14.4 Å². The van der Waals surface area contributed by atoms with Crippen molar-refractivity contribution in [3.8, 4) is 0 Å². The lowest BCUT2D eigenvalue weighted by Gasteiger charge is -2.27. The largest absolute Gasteiger partial charge is 0.342 e. The molecular formula is C29H32F2N4O3. The number of nitrogens with zero attached hydrogens (tertiary/aromatic N) is 3. The second kappa shape index (κ2) is 11.7. The highest BCUT2D eigenvalue weighted by Crippen LogP contribution is 2.27. The zero-order valence-corrected chi connectivity index (χ0v) is 21.7. The Morgan fingerprint density at radius 2 is 1.84 bits per heavy atom. The molecule has 0 saturated carbocycles. The van der Waals surface area contributed by atoms with E-state index in [9.17, 15) is 23.2 Å². The number of benzene rings is 1. The van der Waals surface area contributed by atoms with Crippen LogP contribution < -0.4 is 10.9 Å². The molecule has 200 valence electrons. The van der Waals surface area contributed by atoms with Gasteiger partial charge in [0.15, 0.2) is 0 Å². The van der Waals surface area contributed by atoms with Gasteiger partial charge >= 0.3 is 0 Å². The average Bonchev–Trinajstić information content (AvgIpc) is 3.30. The van der Waals surface area contributed by atoms with Crippen molar-refractivity contribution in [1.82, 2.24) is 19.8 Å². The quantitative estimate of drug-likeness (QED) is 0.455. The normalized spacial score (nSPS) is 18.0. The standard InChI is InChI=1S/C29H32F2N4O3/c1-4-34-16-19(10-13-25(34)36)14-26(37)35-17-21(30)15-24(35)29(38)33-27(20-8-6-5-7-9-20)23-12-11-22(18(2)3)28(31)32-23/h5-13,16,18,21,24,27H,4,14-15,17H2,1-3H3,(H,33,38). The molecule has 1 N–H and O–H groups in total. The lowest BCUT2D eigenvalue weighted by molar-refractivity contribution is -0.138. The number of aryl methyl sites for hydroxylation is 1. The summed E-state index contributed by atoms with van der Waals surface area (Å²) in [6, 6.07) is 13.5. The molecule has 1 saturated heterocycles. The molecule has 0 spiro atoms. The first-order valence-electron chi connectivity index (χ1n) is 12.8. The molecule has 1 fully saturated rings. The van der Waals surface area contributed by atoms with Gasteiger partial charge in [-0.15, -0.1) is 0 Å². The Labute approximate surface area is 220 Å². The number of aromatic nitrogens is 2. The van der Waals surface area contributed by atoms with Crippen LogP contribution in [0, 0.1) is 5.95 Å². The fourth-order valence-electron chi connectivity index (χ4n) is 4.78. The molecule has 2 aromatic heterocycles. The third-order valence-electron chi connectivity index (χ3n) is 6.85. The van der Waals surface area contributed by atoms with Gasteiger partial charge in [-0.05, 0) is 30.0 Å². The second-order valence-corrected chi connectivity index (χ2v) is 9.86. The van der Waals surface area contributed by atoms with Gasteiger partial charge in [0, 0.05) is 30.8 Å². The van der Waals surface area contributed by atoms with E-state index in [0.29, 0.717) is 28.9 Å². The molecule has 3 unspecified atom stereocenters. The maximum Gasteiger partial charge on any atom is 0.250 e. The van der Waals surface area contributed by atoms with Gasteiger partial charge in [0.25, 0.3) is 5.56 Å². The van der Waals surface area contributed by atoms with Crippen molar-refractivity contribution in [1.29, 1.82) is 0 Å². The topological polar surface area (TPSA) is 84.3 Å². The summed E-state index contributed by atoms with van der Waals surface area (Å²) < 4.78 is 30.8. The molecule has 3 atom stereocenters. The fraction of sp³-hybridized carbons (Fsp3) is 0.379. The van der Waals surface area contributed by atoms with Crippen LogP contribution in [0.15, 0.2) is 65.6 Å². The molecule has 7 nitrogen and oxygen atoms in total. The smallest absolute Gasteiger partial charge is 0.250 e. The number of carbonyl (C=O) groups is 2. The monoisotopic (exact) mass is 522 g/mol. The van der Waals surface area contributed by atoms with Gasteiger partial charge in [0.1, 0.15) is 12.2 Å².